The normalized spacial score (nSPS) is 10.3. The number of amides is 1. The van der Waals surface area contributed by atoms with E-state index in [4.69, 9.17) is 0 Å². The Balaban J connectivity index is 2.64. The fourth-order valence-electron chi connectivity index (χ4n) is 0.881. The van der Waals surface area contributed by atoms with Gasteiger partial charge in [-0.05, 0) is 11.6 Å². The van der Waals surface area contributed by atoms with Crippen molar-refractivity contribution in [1.29, 1.82) is 0 Å². The van der Waals surface area contributed by atoms with Crippen molar-refractivity contribution in [3.05, 3.63) is 42.0 Å². The molecule has 2 heteroatoms. The Morgan fingerprint density at radius 2 is 1.85 bits per heavy atom. The van der Waals surface area contributed by atoms with E-state index in [1.807, 2.05) is 36.4 Å². The van der Waals surface area contributed by atoms with E-state index in [1.165, 1.54) is 0 Å². The number of hydrogen-bond donors (Lipinski definition) is 0. The molecule has 0 fully saturated rings. The van der Waals surface area contributed by atoms with E-state index in [1.54, 1.807) is 25.1 Å². The fraction of sp³-hybridized carbons (Fsp3) is 0.182. The zero-order chi connectivity index (χ0) is 9.68. The van der Waals surface area contributed by atoms with Gasteiger partial charge in [-0.2, -0.15) is 0 Å². The largest absolute Gasteiger partial charge is 0.345 e. The average molecular weight is 175 g/mol. The molecular weight excluding hydrogens is 162 g/mol. The molecular formula is C11H13NO. The summed E-state index contributed by atoms with van der Waals surface area (Å²) in [6, 6.07) is 9.75. The van der Waals surface area contributed by atoms with Crippen LogP contribution in [0.4, 0.5) is 0 Å². The molecule has 0 bridgehead atoms. The Morgan fingerprint density at radius 3 is 2.38 bits per heavy atom. The number of nitrogens with zero attached hydrogens (tertiary/aromatic N) is 1. The molecule has 0 spiro atoms. The second kappa shape index (κ2) is 4.45. The molecule has 0 saturated heterocycles. The van der Waals surface area contributed by atoms with Crippen molar-refractivity contribution in [2.45, 2.75) is 0 Å². The molecule has 1 amide bonds. The number of carbonyl (C=O) groups is 1. The minimum atomic E-state index is 0.00357. The summed E-state index contributed by atoms with van der Waals surface area (Å²) in [7, 11) is 3.47. The van der Waals surface area contributed by atoms with E-state index in [9.17, 15) is 4.79 Å². The van der Waals surface area contributed by atoms with Gasteiger partial charge in [-0.1, -0.05) is 30.3 Å². The number of hydrogen-bond acceptors (Lipinski definition) is 1. The van der Waals surface area contributed by atoms with E-state index in [0.717, 1.165) is 5.56 Å². The molecule has 13 heavy (non-hydrogen) atoms. The van der Waals surface area contributed by atoms with Crippen LogP contribution in [-0.2, 0) is 4.79 Å². The first-order valence-corrected chi connectivity index (χ1v) is 4.14. The first kappa shape index (κ1) is 9.52. The number of carbonyl (C=O) groups excluding carboxylic acids is 1. The van der Waals surface area contributed by atoms with Crippen molar-refractivity contribution < 1.29 is 4.79 Å². The van der Waals surface area contributed by atoms with Crippen molar-refractivity contribution in [2.24, 2.45) is 0 Å². The number of benzene rings is 1. The Morgan fingerprint density at radius 1 is 1.23 bits per heavy atom. The van der Waals surface area contributed by atoms with Crippen molar-refractivity contribution in [2.75, 3.05) is 14.1 Å². The third-order valence-corrected chi connectivity index (χ3v) is 1.66. The Bertz CT molecular complexity index is 301. The summed E-state index contributed by atoms with van der Waals surface area (Å²) in [6.45, 7) is 0. The molecule has 68 valence electrons. The summed E-state index contributed by atoms with van der Waals surface area (Å²) in [4.78, 5) is 12.7. The van der Waals surface area contributed by atoms with Gasteiger partial charge in [-0.25, -0.2) is 0 Å². The lowest BCUT2D eigenvalue weighted by Gasteiger charge is -2.04. The highest BCUT2D eigenvalue weighted by molar-refractivity contribution is 5.91. The SMILES string of the molecule is CN(C)C(=O)/C=C\c1ccccc1. The summed E-state index contributed by atoms with van der Waals surface area (Å²) in [6.07, 6.45) is 3.37. The second-order valence-electron chi connectivity index (χ2n) is 2.98. The van der Waals surface area contributed by atoms with Crippen LogP contribution in [0.15, 0.2) is 36.4 Å². The predicted molar refractivity (Wildman–Crippen MR) is 54.2 cm³/mol. The zero-order valence-electron chi connectivity index (χ0n) is 7.90. The van der Waals surface area contributed by atoms with Gasteiger partial charge in [-0.3, -0.25) is 4.79 Å². The summed E-state index contributed by atoms with van der Waals surface area (Å²) < 4.78 is 0. The van der Waals surface area contributed by atoms with Crippen LogP contribution in [0.2, 0.25) is 0 Å². The monoisotopic (exact) mass is 175 g/mol. The molecule has 0 atom stereocenters. The van der Waals surface area contributed by atoms with Gasteiger partial charge >= 0.3 is 0 Å². The number of rotatable bonds is 2. The van der Waals surface area contributed by atoms with E-state index in [0.29, 0.717) is 0 Å². The third-order valence-electron chi connectivity index (χ3n) is 1.66. The molecule has 2 nitrogen and oxygen atoms in total. The lowest BCUT2D eigenvalue weighted by molar-refractivity contribution is -0.123. The highest BCUT2D eigenvalue weighted by Crippen LogP contribution is 2.00. The zero-order valence-corrected chi connectivity index (χ0v) is 7.90. The van der Waals surface area contributed by atoms with Gasteiger partial charge in [0.2, 0.25) is 5.91 Å². The van der Waals surface area contributed by atoms with Crippen LogP contribution < -0.4 is 0 Å². The van der Waals surface area contributed by atoms with Crippen LogP contribution >= 0.6 is 0 Å². The first-order valence-electron chi connectivity index (χ1n) is 4.14. The minimum absolute atomic E-state index is 0.00357. The molecule has 0 N–H and O–H groups in total. The van der Waals surface area contributed by atoms with E-state index < -0.39 is 0 Å². The summed E-state index contributed by atoms with van der Waals surface area (Å²) >= 11 is 0. The molecule has 1 rings (SSSR count). The van der Waals surface area contributed by atoms with Crippen LogP contribution in [0.25, 0.3) is 6.08 Å². The topological polar surface area (TPSA) is 20.3 Å². The lowest BCUT2D eigenvalue weighted by atomic mass is 10.2. The van der Waals surface area contributed by atoms with Gasteiger partial charge < -0.3 is 4.90 Å². The Hall–Kier alpha value is -1.57. The van der Waals surface area contributed by atoms with E-state index in [2.05, 4.69) is 0 Å². The molecule has 0 aromatic heterocycles. The molecule has 0 aliphatic rings. The maximum Gasteiger partial charge on any atom is 0.246 e. The molecule has 0 aliphatic carbocycles. The lowest BCUT2D eigenvalue weighted by Crippen LogP contribution is -2.18. The highest BCUT2D eigenvalue weighted by Gasteiger charge is 1.95. The van der Waals surface area contributed by atoms with Crippen LogP contribution in [0, 0.1) is 0 Å². The minimum Gasteiger partial charge on any atom is -0.345 e. The summed E-state index contributed by atoms with van der Waals surface area (Å²) in [5.41, 5.74) is 1.04. The van der Waals surface area contributed by atoms with Crippen molar-refractivity contribution >= 4 is 12.0 Å². The standard InChI is InChI=1S/C11H13NO/c1-12(2)11(13)9-8-10-6-4-3-5-7-10/h3-9H,1-2H3/b9-8-. The molecule has 0 unspecified atom stereocenters. The molecule has 0 aliphatic heterocycles. The maximum absolute atomic E-state index is 11.2. The van der Waals surface area contributed by atoms with Gasteiger partial charge in [0, 0.05) is 20.2 Å². The molecule has 1 aromatic carbocycles. The maximum atomic E-state index is 11.2. The molecule has 0 saturated carbocycles. The smallest absolute Gasteiger partial charge is 0.246 e. The van der Waals surface area contributed by atoms with Gasteiger partial charge in [0.15, 0.2) is 0 Å². The predicted octanol–water partition coefficient (Wildman–Crippen LogP) is 1.79. The fourth-order valence-corrected chi connectivity index (χ4v) is 0.881. The molecule has 0 radical (unpaired) electrons. The summed E-state index contributed by atoms with van der Waals surface area (Å²) in [5.74, 6) is 0.00357. The van der Waals surface area contributed by atoms with Gasteiger partial charge in [-0.15, -0.1) is 0 Å². The van der Waals surface area contributed by atoms with Crippen molar-refractivity contribution in [1.82, 2.24) is 4.90 Å². The van der Waals surface area contributed by atoms with E-state index in [-0.39, 0.29) is 5.91 Å². The van der Waals surface area contributed by atoms with Crippen LogP contribution in [0.1, 0.15) is 5.56 Å². The van der Waals surface area contributed by atoms with Crippen molar-refractivity contribution in [3.8, 4) is 0 Å². The first-order chi connectivity index (χ1) is 6.20. The van der Waals surface area contributed by atoms with E-state index >= 15 is 0 Å². The Kier molecular flexibility index (Phi) is 3.26. The highest BCUT2D eigenvalue weighted by atomic mass is 16.2. The van der Waals surface area contributed by atoms with Gasteiger partial charge in [0.05, 0.1) is 0 Å². The Labute approximate surface area is 78.5 Å². The van der Waals surface area contributed by atoms with Gasteiger partial charge in [0.1, 0.15) is 0 Å². The quantitative estimate of drug-likeness (QED) is 0.627. The van der Waals surface area contributed by atoms with Gasteiger partial charge in [0.25, 0.3) is 0 Å². The van der Waals surface area contributed by atoms with Crippen LogP contribution in [-0.4, -0.2) is 24.9 Å². The molecule has 1 aromatic rings. The average Bonchev–Trinajstić information content (AvgIpc) is 2.15. The van der Waals surface area contributed by atoms with Crippen molar-refractivity contribution in [3.63, 3.8) is 0 Å². The number of likely N-dealkylation sites (N-methyl/N-ethyl adjacent to an activating group) is 1. The summed E-state index contributed by atoms with van der Waals surface area (Å²) in [5, 5.41) is 0. The van der Waals surface area contributed by atoms with Crippen LogP contribution in [0.3, 0.4) is 0 Å². The van der Waals surface area contributed by atoms with Crippen LogP contribution in [0.5, 0.6) is 0 Å². The molecule has 0 heterocycles. The third kappa shape index (κ3) is 3.11. The second-order valence-corrected chi connectivity index (χ2v) is 2.98.